The third-order valence-corrected chi connectivity index (χ3v) is 1.65. The average Bonchev–Trinajstić information content (AvgIpc) is 1.90. The zero-order valence-corrected chi connectivity index (χ0v) is 8.42. The number of aliphatic hydroxyl groups is 1. The first-order chi connectivity index (χ1) is 3.93. The maximum atomic E-state index is 8.65. The standard InChI is InChI=1S/C6H12NO.Y/c8-5-6-1-3-7-4-2-6;/h6,8H,1-5H2;/q-1;. The van der Waals surface area contributed by atoms with E-state index in [0.29, 0.717) is 12.5 Å². The van der Waals surface area contributed by atoms with Crippen LogP contribution in [-0.4, -0.2) is 24.8 Å². The monoisotopic (exact) mass is 203 g/mol. The maximum absolute atomic E-state index is 8.65. The molecule has 0 aliphatic carbocycles. The molecule has 1 N–H and O–H groups in total. The molecule has 2 nitrogen and oxygen atoms in total. The number of hydrogen-bond donors (Lipinski definition) is 1. The first-order valence-corrected chi connectivity index (χ1v) is 3.17. The molecule has 0 unspecified atom stereocenters. The summed E-state index contributed by atoms with van der Waals surface area (Å²) in [5, 5.41) is 12.8. The molecule has 0 amide bonds. The fourth-order valence-corrected chi connectivity index (χ4v) is 0.986. The molecule has 0 aromatic carbocycles. The molecule has 1 fully saturated rings. The summed E-state index contributed by atoms with van der Waals surface area (Å²) in [6.07, 6.45) is 2.19. The van der Waals surface area contributed by atoms with Crippen LogP contribution >= 0.6 is 0 Å². The van der Waals surface area contributed by atoms with Crippen molar-refractivity contribution in [2.24, 2.45) is 5.92 Å². The van der Waals surface area contributed by atoms with Crippen molar-refractivity contribution in [2.45, 2.75) is 12.8 Å². The number of nitrogens with zero attached hydrogens (tertiary/aromatic N) is 1. The Labute approximate surface area is 81.3 Å². The van der Waals surface area contributed by atoms with E-state index in [1.165, 1.54) is 0 Å². The molecular weight excluding hydrogens is 191 g/mol. The Kier molecular flexibility index (Phi) is 6.44. The second-order valence-electron chi connectivity index (χ2n) is 2.30. The van der Waals surface area contributed by atoms with Gasteiger partial charge in [0.25, 0.3) is 0 Å². The van der Waals surface area contributed by atoms with Gasteiger partial charge in [0, 0.05) is 39.3 Å². The van der Waals surface area contributed by atoms with Crippen LogP contribution in [0.1, 0.15) is 12.8 Å². The minimum Gasteiger partial charge on any atom is -0.662 e. The Hall–Kier alpha value is 1.02. The van der Waals surface area contributed by atoms with E-state index in [-0.39, 0.29) is 32.7 Å². The Balaban J connectivity index is 0.000000640. The molecule has 0 atom stereocenters. The van der Waals surface area contributed by atoms with Crippen LogP contribution in [0.15, 0.2) is 0 Å². The van der Waals surface area contributed by atoms with Crippen LogP contribution in [0.5, 0.6) is 0 Å². The van der Waals surface area contributed by atoms with Crippen molar-refractivity contribution in [3.8, 4) is 0 Å². The van der Waals surface area contributed by atoms with Gasteiger partial charge in [-0.15, -0.1) is 13.1 Å². The van der Waals surface area contributed by atoms with Gasteiger partial charge >= 0.3 is 0 Å². The van der Waals surface area contributed by atoms with Gasteiger partial charge in [-0.05, 0) is 5.92 Å². The van der Waals surface area contributed by atoms with Crippen molar-refractivity contribution in [1.82, 2.24) is 0 Å². The third-order valence-electron chi connectivity index (χ3n) is 1.65. The van der Waals surface area contributed by atoms with Crippen LogP contribution < -0.4 is 0 Å². The van der Waals surface area contributed by atoms with Gasteiger partial charge in [-0.3, -0.25) is 0 Å². The van der Waals surface area contributed by atoms with Crippen LogP contribution in [-0.2, 0) is 32.7 Å². The molecule has 1 aliphatic rings. The fourth-order valence-electron chi connectivity index (χ4n) is 0.986. The van der Waals surface area contributed by atoms with Crippen LogP contribution in [0, 0.1) is 5.92 Å². The Morgan fingerprint density at radius 1 is 1.33 bits per heavy atom. The van der Waals surface area contributed by atoms with E-state index in [4.69, 9.17) is 5.11 Å². The second kappa shape index (κ2) is 5.78. The predicted molar refractivity (Wildman–Crippen MR) is 32.9 cm³/mol. The number of piperidine rings is 1. The van der Waals surface area contributed by atoms with Crippen LogP contribution in [0.2, 0.25) is 0 Å². The molecule has 0 saturated carbocycles. The molecule has 51 valence electrons. The molecule has 1 heterocycles. The van der Waals surface area contributed by atoms with Crippen LogP contribution in [0.4, 0.5) is 0 Å². The Morgan fingerprint density at radius 2 is 1.89 bits per heavy atom. The van der Waals surface area contributed by atoms with Gasteiger partial charge in [-0.2, -0.15) is 0 Å². The topological polar surface area (TPSA) is 34.3 Å². The van der Waals surface area contributed by atoms with Gasteiger partial charge < -0.3 is 10.4 Å². The van der Waals surface area contributed by atoms with Gasteiger partial charge in [0.1, 0.15) is 0 Å². The molecule has 1 aliphatic heterocycles. The van der Waals surface area contributed by atoms with Crippen LogP contribution in [0.3, 0.4) is 0 Å². The Morgan fingerprint density at radius 3 is 2.22 bits per heavy atom. The number of rotatable bonds is 1. The summed E-state index contributed by atoms with van der Waals surface area (Å²) in [5.41, 5.74) is 0. The Bertz CT molecular complexity index is 64.1. The molecule has 1 radical (unpaired) electrons. The summed E-state index contributed by atoms with van der Waals surface area (Å²) in [6.45, 7) is 2.28. The normalized spacial score (nSPS) is 21.0. The first kappa shape index (κ1) is 10.0. The van der Waals surface area contributed by atoms with Crippen molar-refractivity contribution >= 4 is 0 Å². The van der Waals surface area contributed by atoms with E-state index in [1.54, 1.807) is 0 Å². The molecule has 9 heavy (non-hydrogen) atoms. The third kappa shape index (κ3) is 3.66. The summed E-state index contributed by atoms with van der Waals surface area (Å²) in [6, 6.07) is 0. The van der Waals surface area contributed by atoms with Crippen molar-refractivity contribution in [2.75, 3.05) is 19.7 Å². The summed E-state index contributed by atoms with van der Waals surface area (Å²) in [4.78, 5) is 0. The molecule has 0 bridgehead atoms. The van der Waals surface area contributed by atoms with E-state index in [2.05, 4.69) is 5.32 Å². The minimum atomic E-state index is 0. The first-order valence-electron chi connectivity index (χ1n) is 3.17. The van der Waals surface area contributed by atoms with Crippen LogP contribution in [0.25, 0.3) is 5.32 Å². The van der Waals surface area contributed by atoms with Crippen molar-refractivity contribution in [3.63, 3.8) is 0 Å². The van der Waals surface area contributed by atoms with Gasteiger partial charge in [-0.1, -0.05) is 12.8 Å². The summed E-state index contributed by atoms with van der Waals surface area (Å²) >= 11 is 0. The second-order valence-corrected chi connectivity index (χ2v) is 2.30. The molecular formula is C6H12NOY-. The minimum absolute atomic E-state index is 0. The fraction of sp³-hybridized carbons (Fsp3) is 1.00. The number of aliphatic hydroxyl groups excluding tert-OH is 1. The van der Waals surface area contributed by atoms with E-state index < -0.39 is 0 Å². The van der Waals surface area contributed by atoms with Gasteiger partial charge in [0.15, 0.2) is 0 Å². The van der Waals surface area contributed by atoms with Crippen molar-refractivity contribution in [3.05, 3.63) is 5.32 Å². The SMILES string of the molecule is OCC1CC[N-]CC1.[Y]. The van der Waals surface area contributed by atoms with E-state index >= 15 is 0 Å². The van der Waals surface area contributed by atoms with E-state index in [0.717, 1.165) is 25.9 Å². The molecule has 0 aromatic rings. The molecule has 0 spiro atoms. The van der Waals surface area contributed by atoms with Gasteiger partial charge in [-0.25, -0.2) is 0 Å². The van der Waals surface area contributed by atoms with E-state index in [1.807, 2.05) is 0 Å². The maximum Gasteiger partial charge on any atom is 0.0458 e. The largest absolute Gasteiger partial charge is 0.662 e. The zero-order chi connectivity index (χ0) is 5.82. The van der Waals surface area contributed by atoms with Gasteiger partial charge in [0.05, 0.1) is 0 Å². The quantitative estimate of drug-likeness (QED) is 0.670. The molecule has 1 saturated heterocycles. The summed E-state index contributed by atoms with van der Waals surface area (Å²) in [5.74, 6) is 0.549. The number of hydrogen-bond acceptors (Lipinski definition) is 1. The molecule has 3 heteroatoms. The van der Waals surface area contributed by atoms with Gasteiger partial charge in [0.2, 0.25) is 0 Å². The molecule has 1 rings (SSSR count). The predicted octanol–water partition coefficient (Wildman–Crippen LogP) is 0.760. The smallest absolute Gasteiger partial charge is 0.0458 e. The summed E-state index contributed by atoms with van der Waals surface area (Å²) < 4.78 is 0. The average molecular weight is 203 g/mol. The van der Waals surface area contributed by atoms with Crippen molar-refractivity contribution in [1.29, 1.82) is 0 Å². The summed E-state index contributed by atoms with van der Waals surface area (Å²) in [7, 11) is 0. The molecule has 0 aromatic heterocycles. The van der Waals surface area contributed by atoms with E-state index in [9.17, 15) is 0 Å². The zero-order valence-electron chi connectivity index (χ0n) is 5.58. The van der Waals surface area contributed by atoms with Crippen molar-refractivity contribution < 1.29 is 37.8 Å².